The average Bonchev–Trinajstić information content (AvgIpc) is 1.62. The fourth-order valence-electron chi connectivity index (χ4n) is 12.9. The molecule has 6 aromatic rings. The first-order chi connectivity index (χ1) is 48.7. The number of fused-ring (bicyclic) bond motifs is 22. The van der Waals surface area contributed by atoms with E-state index in [1.54, 1.807) is 46.3 Å². The van der Waals surface area contributed by atoms with Gasteiger partial charge in [-0.15, -0.1) is 5.10 Å². The Labute approximate surface area is 595 Å². The van der Waals surface area contributed by atoms with Crippen LogP contribution in [0, 0.1) is 10.8 Å². The van der Waals surface area contributed by atoms with Crippen molar-refractivity contribution in [3.63, 3.8) is 0 Å². The van der Waals surface area contributed by atoms with Crippen LogP contribution in [-0.2, 0) is 89.8 Å². The van der Waals surface area contributed by atoms with Crippen molar-refractivity contribution in [3.05, 3.63) is 150 Å². The van der Waals surface area contributed by atoms with Gasteiger partial charge < -0.3 is 71.3 Å². The van der Waals surface area contributed by atoms with Crippen LogP contribution in [0.5, 0.6) is 5.75 Å². The fourth-order valence-corrected chi connectivity index (χ4v) is 12.9. The molecule has 4 bridgehead atoms. The van der Waals surface area contributed by atoms with Crippen molar-refractivity contribution in [2.75, 3.05) is 54.1 Å². The van der Waals surface area contributed by atoms with Crippen molar-refractivity contribution in [2.24, 2.45) is 10.8 Å². The second-order valence-corrected chi connectivity index (χ2v) is 28.6. The zero-order valence-electron chi connectivity index (χ0n) is 60.2. The zero-order valence-corrected chi connectivity index (χ0v) is 60.2. The lowest BCUT2D eigenvalue weighted by Gasteiger charge is -2.37. The summed E-state index contributed by atoms with van der Waals surface area (Å²) < 4.78 is 25.8. The number of carbonyl (C=O) groups is 9. The molecule has 4 aliphatic rings. The van der Waals surface area contributed by atoms with E-state index in [9.17, 15) is 19.2 Å². The lowest BCUT2D eigenvalue weighted by molar-refractivity contribution is -0.147. The number of ether oxygens (including phenoxy) is 4. The highest BCUT2D eigenvalue weighted by Gasteiger charge is 2.50. The number of nitrogens with one attached hydrogen (secondary N) is 8. The van der Waals surface area contributed by atoms with Crippen LogP contribution in [0.2, 0.25) is 0 Å². The summed E-state index contributed by atoms with van der Waals surface area (Å²) in [7, 11) is 4.46. The van der Waals surface area contributed by atoms with Crippen molar-refractivity contribution in [3.8, 4) is 5.75 Å². The average molecular weight is 1400 g/mol. The Bertz CT molecular complexity index is 3980. The number of aryl methyl sites for hydroxylation is 1. The first-order valence-electron chi connectivity index (χ1n) is 35.0. The van der Waals surface area contributed by atoms with E-state index in [1.165, 1.54) is 21.6 Å². The van der Waals surface area contributed by atoms with Crippen LogP contribution in [0.3, 0.4) is 0 Å². The summed E-state index contributed by atoms with van der Waals surface area (Å²) in [5.41, 5.74) is 0.997. The van der Waals surface area contributed by atoms with Gasteiger partial charge in [-0.2, -0.15) is 0 Å². The monoisotopic (exact) mass is 1400 g/mol. The van der Waals surface area contributed by atoms with E-state index < -0.39 is 131 Å². The number of hydrogen-bond acceptors (Lipinski definition) is 17. The van der Waals surface area contributed by atoms with Crippen molar-refractivity contribution < 1.29 is 62.1 Å². The van der Waals surface area contributed by atoms with E-state index in [1.807, 2.05) is 151 Å². The quantitative estimate of drug-likeness (QED) is 0.0595. The van der Waals surface area contributed by atoms with Crippen molar-refractivity contribution in [1.82, 2.24) is 67.3 Å². The number of amides is 8. The minimum absolute atomic E-state index is 0.00169. The number of benzene rings is 5. The van der Waals surface area contributed by atoms with Gasteiger partial charge in [-0.1, -0.05) is 150 Å². The molecule has 8 N–H and O–H groups in total. The smallest absolute Gasteiger partial charge is 0.328 e. The van der Waals surface area contributed by atoms with E-state index in [4.69, 9.17) is 18.9 Å². The van der Waals surface area contributed by atoms with Crippen LogP contribution in [0.1, 0.15) is 97.0 Å². The summed E-state index contributed by atoms with van der Waals surface area (Å²) in [4.78, 5) is 134. The molecule has 5 aromatic carbocycles. The minimum Gasteiger partial charge on any atom is -0.490 e. The predicted molar refractivity (Wildman–Crippen MR) is 384 cm³/mol. The molecular weight excluding hydrogens is 1300 g/mol. The van der Waals surface area contributed by atoms with E-state index in [0.29, 0.717) is 23.4 Å². The van der Waals surface area contributed by atoms with Crippen molar-refractivity contribution in [1.29, 1.82) is 0 Å². The molecule has 11 atom stereocenters. The summed E-state index contributed by atoms with van der Waals surface area (Å²) in [6, 6.07) is 24.6. The summed E-state index contributed by atoms with van der Waals surface area (Å²) in [5, 5.41) is 36.0. The molecule has 0 aliphatic carbocycles. The van der Waals surface area contributed by atoms with Crippen molar-refractivity contribution >= 4 is 74.8 Å². The molecule has 4 aliphatic heterocycles. The third-order valence-electron chi connectivity index (χ3n) is 19.0. The van der Waals surface area contributed by atoms with Gasteiger partial charge in [-0.05, 0) is 121 Å². The Morgan fingerprint density at radius 2 is 1.10 bits per heavy atom. The molecule has 0 radical (unpaired) electrons. The number of likely N-dealkylation sites (tertiary alicyclic amines) is 2. The van der Waals surface area contributed by atoms with E-state index in [-0.39, 0.29) is 78.1 Å². The molecular formula is C76H99N13O13. The Morgan fingerprint density at radius 3 is 1.61 bits per heavy atom. The lowest BCUT2D eigenvalue weighted by Crippen LogP contribution is -2.62. The van der Waals surface area contributed by atoms with Crippen LogP contribution in [-0.4, -0.2) is 199 Å². The first-order valence-corrected chi connectivity index (χ1v) is 35.0. The highest BCUT2D eigenvalue weighted by Crippen LogP contribution is 2.31. The number of aromatic nitrogens is 3. The largest absolute Gasteiger partial charge is 0.490 e. The SMILES string of the molecule is CNC(C)C(=O)NC(C(=O)N1CCC2OCc3cn(nn3)CCC(C(=O)OC)NC(=O)C(Cc3ccc4ccccc4c3)NC(=O)C3C(CCN3C(=O)C(NC(=O)C(C)NC)C(C)(C)C)OCC=CCOc3ccc(cc3)CCNC(=O)C(Cc3ccc4ccccc4c3)NC(=O)C21)C(C)(C)C. The topological polar surface area (TPSA) is 324 Å². The molecule has 0 spiro atoms. The molecule has 26 nitrogen and oxygen atoms in total. The molecule has 102 heavy (non-hydrogen) atoms. The molecule has 0 saturated carbocycles. The van der Waals surface area contributed by atoms with Gasteiger partial charge in [0, 0.05) is 39.0 Å². The van der Waals surface area contributed by atoms with Gasteiger partial charge in [-0.25, -0.2) is 4.79 Å². The van der Waals surface area contributed by atoms with Gasteiger partial charge in [0.15, 0.2) is 0 Å². The standard InChI is InChI=1S/C76H99N13O13/c1-46(77-9)66(90)83-64(75(3,4)5)72(96)88-36-32-60-62(88)70(94)82-59(43-50-23-27-52-19-13-15-21-54(52)41-50)69(93)80-57(74(98)99-11)31-35-87-44-55(85-86-87)45-102-61-33-37-89(73(97)65(76(6,7)8)84-67(91)47(2)78-10)63(61)71(95)81-58(42-49-22-26-51-18-12-14-20-53(51)40-49)68(92)79-34-30-48-24-28-56(29-25-48)100-38-16-17-39-101-60/h12-29,40-41,44,46-47,57-65,77-78H,30-39,42-43,45H2,1-11H3,(H,79,92)(H,80,93)(H,81,95)(H,82,94)(H,83,90)(H,84,91). The molecule has 2 saturated heterocycles. The number of rotatable bonds is 13. The van der Waals surface area contributed by atoms with Gasteiger partial charge in [-0.3, -0.25) is 43.0 Å². The third kappa shape index (κ3) is 19.9. The molecule has 26 heteroatoms. The Balaban J connectivity index is 1.03. The molecule has 11 unspecified atom stereocenters. The second kappa shape index (κ2) is 34.8. The van der Waals surface area contributed by atoms with Crippen LogP contribution < -0.4 is 47.3 Å². The Kier molecular flexibility index (Phi) is 26.1. The Hall–Kier alpha value is -9.63. The van der Waals surface area contributed by atoms with Gasteiger partial charge in [0.05, 0.1) is 50.8 Å². The summed E-state index contributed by atoms with van der Waals surface area (Å²) >= 11 is 0. The van der Waals surface area contributed by atoms with Gasteiger partial charge in [0.2, 0.25) is 47.3 Å². The zero-order chi connectivity index (χ0) is 73.4. The van der Waals surface area contributed by atoms with E-state index >= 15 is 24.0 Å². The first kappa shape index (κ1) is 76.5. The maximum Gasteiger partial charge on any atom is 0.328 e. The third-order valence-corrected chi connectivity index (χ3v) is 19.0. The molecule has 8 amide bonds. The lowest BCUT2D eigenvalue weighted by atomic mass is 9.85. The predicted octanol–water partition coefficient (Wildman–Crippen LogP) is 4.14. The number of likely N-dealkylation sites (N-methyl/N-ethyl adjacent to an activating group) is 2. The van der Waals surface area contributed by atoms with Crippen LogP contribution in [0.25, 0.3) is 21.5 Å². The maximum absolute atomic E-state index is 15.3. The number of methoxy groups -OCH3 is 1. The van der Waals surface area contributed by atoms with E-state index in [0.717, 1.165) is 32.7 Å². The van der Waals surface area contributed by atoms with Crippen molar-refractivity contribution in [2.45, 2.75) is 174 Å². The molecule has 2 fully saturated rings. The normalized spacial score (nSPS) is 22.2. The summed E-state index contributed by atoms with van der Waals surface area (Å²) in [6.07, 6.45) is 4.03. The fraction of sp³-hybridized carbons (Fsp3) is 0.487. The van der Waals surface area contributed by atoms with Gasteiger partial charge in [0.1, 0.15) is 60.3 Å². The number of esters is 1. The van der Waals surface area contributed by atoms with E-state index in [2.05, 4.69) is 52.8 Å². The number of nitrogens with zero attached hydrogens (tertiary/aromatic N) is 5. The second-order valence-electron chi connectivity index (χ2n) is 28.6. The summed E-state index contributed by atoms with van der Waals surface area (Å²) in [5.74, 6) is -4.68. The highest BCUT2D eigenvalue weighted by molar-refractivity contribution is 5.98. The van der Waals surface area contributed by atoms with Gasteiger partial charge >= 0.3 is 5.97 Å². The maximum atomic E-state index is 15.3. The molecule has 5 heterocycles. The van der Waals surface area contributed by atoms with Crippen LogP contribution in [0.15, 0.2) is 128 Å². The minimum atomic E-state index is -1.34. The highest BCUT2D eigenvalue weighted by atomic mass is 16.5. The number of hydrogen-bond donors (Lipinski definition) is 8. The van der Waals surface area contributed by atoms with Crippen LogP contribution in [0.4, 0.5) is 0 Å². The Morgan fingerprint density at radius 1 is 0.598 bits per heavy atom. The molecule has 1 aromatic heterocycles. The molecule has 10 rings (SSSR count). The van der Waals surface area contributed by atoms with Gasteiger partial charge in [0.25, 0.3) is 0 Å². The van der Waals surface area contributed by atoms with Crippen LogP contribution >= 0.6 is 0 Å². The summed E-state index contributed by atoms with van der Waals surface area (Å²) in [6.45, 7) is 14.5. The molecule has 546 valence electrons. The number of carbonyl (C=O) groups excluding carboxylic acids is 9.